The number of benzene rings is 2. The van der Waals surface area contributed by atoms with Crippen molar-refractivity contribution in [1.29, 1.82) is 0 Å². The van der Waals surface area contributed by atoms with E-state index in [0.29, 0.717) is 0 Å². The summed E-state index contributed by atoms with van der Waals surface area (Å²) in [4.78, 5) is 0.735. The number of thiocarbonyl (C=S) groups is 1. The van der Waals surface area contributed by atoms with Crippen LogP contribution >= 0.6 is 28.1 Å². The Kier molecular flexibility index (Phi) is 3.70. The third kappa shape index (κ3) is 2.90. The second-order valence-corrected chi connectivity index (χ2v) is 4.65. The molecule has 0 amide bonds. The van der Waals surface area contributed by atoms with Gasteiger partial charge in [0, 0.05) is 15.7 Å². The van der Waals surface area contributed by atoms with Gasteiger partial charge in [0.25, 0.3) is 0 Å². The molecular weight excluding hydrogens is 282 g/mol. The Hall–Kier alpha value is -1.19. The van der Waals surface area contributed by atoms with Crippen LogP contribution in [0.4, 0.5) is 5.69 Å². The summed E-state index contributed by atoms with van der Waals surface area (Å²) in [5.41, 5.74) is 2.03. The molecule has 3 heteroatoms. The zero-order chi connectivity index (χ0) is 11.4. The largest absolute Gasteiger partial charge is 0.346 e. The van der Waals surface area contributed by atoms with E-state index in [2.05, 4.69) is 21.2 Å². The highest BCUT2D eigenvalue weighted by Gasteiger charge is 2.00. The molecule has 0 saturated carbocycles. The number of nitrogens with one attached hydrogen (secondary N) is 1. The lowest BCUT2D eigenvalue weighted by molar-refractivity contribution is 1.59. The van der Waals surface area contributed by atoms with Crippen molar-refractivity contribution in [3.63, 3.8) is 0 Å². The lowest BCUT2D eigenvalue weighted by atomic mass is 10.2. The van der Waals surface area contributed by atoms with Gasteiger partial charge in [0.2, 0.25) is 0 Å². The van der Waals surface area contributed by atoms with E-state index in [0.717, 1.165) is 20.7 Å². The summed E-state index contributed by atoms with van der Waals surface area (Å²) in [6.07, 6.45) is 0. The smallest absolute Gasteiger partial charge is 0.110 e. The molecule has 0 aliphatic carbocycles. The number of hydrogen-bond acceptors (Lipinski definition) is 1. The fraction of sp³-hybridized carbons (Fsp3) is 0. The second-order valence-electron chi connectivity index (χ2n) is 3.33. The van der Waals surface area contributed by atoms with E-state index in [9.17, 15) is 0 Å². The van der Waals surface area contributed by atoms with Crippen LogP contribution in [0.25, 0.3) is 0 Å². The molecular formula is C13H10BrNS. The fourth-order valence-electron chi connectivity index (χ4n) is 1.33. The SMILES string of the molecule is S=C(Nc1ccccc1)c1ccc(Br)cc1. The molecule has 1 N–H and O–H groups in total. The highest BCUT2D eigenvalue weighted by Crippen LogP contribution is 2.13. The number of para-hydroxylation sites is 1. The maximum absolute atomic E-state index is 5.32. The molecule has 0 unspecified atom stereocenters. The van der Waals surface area contributed by atoms with Crippen LogP contribution in [0, 0.1) is 0 Å². The molecule has 0 atom stereocenters. The third-order valence-electron chi connectivity index (χ3n) is 2.14. The minimum Gasteiger partial charge on any atom is -0.346 e. The summed E-state index contributed by atoms with van der Waals surface area (Å²) in [6, 6.07) is 17.9. The maximum Gasteiger partial charge on any atom is 0.110 e. The highest BCUT2D eigenvalue weighted by molar-refractivity contribution is 9.10. The number of anilines is 1. The molecule has 1 nitrogen and oxygen atoms in total. The molecule has 16 heavy (non-hydrogen) atoms. The first kappa shape index (κ1) is 11.3. The van der Waals surface area contributed by atoms with Gasteiger partial charge in [-0.3, -0.25) is 0 Å². The zero-order valence-corrected chi connectivity index (χ0v) is 10.9. The molecule has 0 radical (unpaired) electrons. The van der Waals surface area contributed by atoms with E-state index < -0.39 is 0 Å². The zero-order valence-electron chi connectivity index (χ0n) is 8.48. The van der Waals surface area contributed by atoms with Crippen molar-refractivity contribution in [2.45, 2.75) is 0 Å². The molecule has 0 bridgehead atoms. The van der Waals surface area contributed by atoms with Gasteiger partial charge < -0.3 is 5.32 Å². The van der Waals surface area contributed by atoms with Gasteiger partial charge in [-0.05, 0) is 24.3 Å². The quantitative estimate of drug-likeness (QED) is 0.831. The van der Waals surface area contributed by atoms with Gasteiger partial charge in [0.15, 0.2) is 0 Å². The van der Waals surface area contributed by atoms with Gasteiger partial charge in [-0.15, -0.1) is 0 Å². The molecule has 0 fully saturated rings. The second kappa shape index (κ2) is 5.23. The van der Waals surface area contributed by atoms with Crippen LogP contribution in [0.2, 0.25) is 0 Å². The fourth-order valence-corrected chi connectivity index (χ4v) is 1.84. The van der Waals surface area contributed by atoms with Crippen LogP contribution in [0.3, 0.4) is 0 Å². The summed E-state index contributed by atoms with van der Waals surface area (Å²) < 4.78 is 1.05. The Bertz CT molecular complexity index is 479. The first-order chi connectivity index (χ1) is 7.75. The van der Waals surface area contributed by atoms with Crippen molar-refractivity contribution in [2.24, 2.45) is 0 Å². The minimum atomic E-state index is 0.735. The standard InChI is InChI=1S/C13H10BrNS/c14-11-8-6-10(7-9-11)13(16)15-12-4-2-1-3-5-12/h1-9H,(H,15,16). The lowest BCUT2D eigenvalue weighted by Gasteiger charge is -2.07. The average molecular weight is 292 g/mol. The molecule has 0 aliphatic rings. The van der Waals surface area contributed by atoms with E-state index >= 15 is 0 Å². The molecule has 2 aromatic rings. The molecule has 2 aromatic carbocycles. The lowest BCUT2D eigenvalue weighted by Crippen LogP contribution is -2.09. The summed E-state index contributed by atoms with van der Waals surface area (Å²) >= 11 is 8.72. The Morgan fingerprint density at radius 1 is 0.938 bits per heavy atom. The van der Waals surface area contributed by atoms with E-state index in [1.807, 2.05) is 54.6 Å². The van der Waals surface area contributed by atoms with Crippen LogP contribution < -0.4 is 5.32 Å². The summed E-state index contributed by atoms with van der Waals surface area (Å²) in [5.74, 6) is 0. The van der Waals surface area contributed by atoms with E-state index in [1.54, 1.807) is 0 Å². The van der Waals surface area contributed by atoms with Gasteiger partial charge in [0.05, 0.1) is 0 Å². The summed E-state index contributed by atoms with van der Waals surface area (Å²) in [6.45, 7) is 0. The van der Waals surface area contributed by atoms with Crippen molar-refractivity contribution < 1.29 is 0 Å². The minimum absolute atomic E-state index is 0.735. The van der Waals surface area contributed by atoms with Crippen LogP contribution in [0.15, 0.2) is 59.1 Å². The predicted molar refractivity (Wildman–Crippen MR) is 75.9 cm³/mol. The van der Waals surface area contributed by atoms with Gasteiger partial charge in [-0.1, -0.05) is 58.5 Å². The van der Waals surface area contributed by atoms with Crippen LogP contribution in [0.1, 0.15) is 5.56 Å². The molecule has 0 heterocycles. The van der Waals surface area contributed by atoms with Crippen molar-refractivity contribution in [3.05, 3.63) is 64.6 Å². The molecule has 2 rings (SSSR count). The van der Waals surface area contributed by atoms with E-state index in [-0.39, 0.29) is 0 Å². The summed E-state index contributed by atoms with van der Waals surface area (Å²) in [5, 5.41) is 3.19. The first-order valence-electron chi connectivity index (χ1n) is 4.88. The Labute approximate surface area is 109 Å². The molecule has 0 saturated heterocycles. The third-order valence-corrected chi connectivity index (χ3v) is 3.00. The van der Waals surface area contributed by atoms with Gasteiger partial charge in [0.1, 0.15) is 4.99 Å². The topological polar surface area (TPSA) is 12.0 Å². The van der Waals surface area contributed by atoms with Crippen LogP contribution in [-0.2, 0) is 0 Å². The maximum atomic E-state index is 5.32. The average Bonchev–Trinajstić information content (AvgIpc) is 2.31. The van der Waals surface area contributed by atoms with Crippen molar-refractivity contribution >= 4 is 38.8 Å². The Morgan fingerprint density at radius 2 is 1.56 bits per heavy atom. The normalized spacial score (nSPS) is 9.81. The molecule has 0 aliphatic heterocycles. The van der Waals surface area contributed by atoms with E-state index in [4.69, 9.17) is 12.2 Å². The highest BCUT2D eigenvalue weighted by atomic mass is 79.9. The van der Waals surface area contributed by atoms with Crippen molar-refractivity contribution in [1.82, 2.24) is 0 Å². The number of hydrogen-bond donors (Lipinski definition) is 1. The number of halogens is 1. The summed E-state index contributed by atoms with van der Waals surface area (Å²) in [7, 11) is 0. The van der Waals surface area contributed by atoms with Gasteiger partial charge >= 0.3 is 0 Å². The predicted octanol–water partition coefficient (Wildman–Crippen LogP) is 4.24. The first-order valence-corrected chi connectivity index (χ1v) is 6.08. The van der Waals surface area contributed by atoms with Crippen molar-refractivity contribution in [2.75, 3.05) is 5.32 Å². The van der Waals surface area contributed by atoms with Crippen LogP contribution in [-0.4, -0.2) is 4.99 Å². The molecule has 0 spiro atoms. The monoisotopic (exact) mass is 291 g/mol. The molecule has 0 aromatic heterocycles. The van der Waals surface area contributed by atoms with Crippen LogP contribution in [0.5, 0.6) is 0 Å². The van der Waals surface area contributed by atoms with E-state index in [1.165, 1.54) is 0 Å². The number of rotatable bonds is 2. The van der Waals surface area contributed by atoms with Gasteiger partial charge in [-0.25, -0.2) is 0 Å². The Balaban J connectivity index is 2.12. The molecule has 80 valence electrons. The Morgan fingerprint density at radius 3 is 2.19 bits per heavy atom. The van der Waals surface area contributed by atoms with Gasteiger partial charge in [-0.2, -0.15) is 0 Å². The van der Waals surface area contributed by atoms with Crippen molar-refractivity contribution in [3.8, 4) is 0 Å².